The summed E-state index contributed by atoms with van der Waals surface area (Å²) in [6.45, 7) is 0. The van der Waals surface area contributed by atoms with Gasteiger partial charge in [-0.05, 0) is 0 Å². The Hall–Kier alpha value is -0.350. The van der Waals surface area contributed by atoms with E-state index in [-0.39, 0.29) is 31.0 Å². The van der Waals surface area contributed by atoms with Gasteiger partial charge in [-0.25, -0.2) is 0 Å². The molecule has 0 spiro atoms. The number of hydrogen-bond donors (Lipinski definition) is 1. The normalized spacial score (nSPS) is 4.29. The van der Waals surface area contributed by atoms with Crippen LogP contribution in [0.1, 0.15) is 1.43 Å². The van der Waals surface area contributed by atoms with Crippen LogP contribution in [-0.2, 0) is 0 Å². The van der Waals surface area contributed by atoms with Crippen molar-refractivity contribution in [3.8, 4) is 12.1 Å². The summed E-state index contributed by atoms with van der Waals surface area (Å²) in [5, 5.41) is 21.5. The number of nitrogens with one attached hydrogen (secondary N) is 1. The molecule has 0 amide bonds. The molecule has 0 aromatic rings. The molecule has 0 bridgehead atoms. The molecule has 0 aromatic carbocycles. The molecule has 1 N–H and O–H groups in total. The van der Waals surface area contributed by atoms with E-state index in [9.17, 15) is 0 Å². The summed E-state index contributed by atoms with van der Waals surface area (Å²) >= 11 is 0. The van der Waals surface area contributed by atoms with Crippen molar-refractivity contribution in [3.05, 3.63) is 0 Å². The molecule has 0 saturated carbocycles. The molecule has 0 rings (SSSR count). The molecule has 0 aromatic heterocycles. The fourth-order valence-electron chi connectivity index (χ4n) is 0.0250. The minimum absolute atomic E-state index is 0. The first-order chi connectivity index (χ1) is 2.81. The Kier molecular flexibility index (Phi) is 7.92. The van der Waals surface area contributed by atoms with Gasteiger partial charge in [0.2, 0.25) is 5.71 Å². The zero-order valence-corrected chi connectivity index (χ0v) is 5.89. The fourth-order valence-corrected chi connectivity index (χ4v) is 0.0250. The van der Waals surface area contributed by atoms with E-state index in [1.54, 1.807) is 0 Å². The molecule has 4 heteroatoms. The largest absolute Gasteiger partial charge is 1.00 e. The number of rotatable bonds is 0. The van der Waals surface area contributed by atoms with Crippen LogP contribution in [0, 0.1) is 28.1 Å². The van der Waals surface area contributed by atoms with Gasteiger partial charge in [0.05, 0.1) is 0 Å². The molecule has 0 unspecified atom stereocenters. The van der Waals surface area contributed by atoms with Gasteiger partial charge in [0, 0.05) is 0 Å². The van der Waals surface area contributed by atoms with Crippen LogP contribution in [0.2, 0.25) is 0 Å². The third-order valence-electron chi connectivity index (χ3n) is 0.224. The maximum Gasteiger partial charge on any atom is 1.00 e. The average molecular weight is 103 g/mol. The van der Waals surface area contributed by atoms with Gasteiger partial charge in [0.25, 0.3) is 0 Å². The summed E-state index contributed by atoms with van der Waals surface area (Å²) in [6, 6.07) is 2.67. The first-order valence-electron chi connectivity index (χ1n) is 1.20. The molecule has 0 aliphatic rings. The average Bonchev–Trinajstić information content (AvgIpc) is 1.65. The Morgan fingerprint density at radius 2 is 1.71 bits per heavy atom. The van der Waals surface area contributed by atoms with E-state index in [1.165, 1.54) is 12.1 Å². The van der Waals surface area contributed by atoms with Crippen LogP contribution in [0.15, 0.2) is 0 Å². The molecule has 0 saturated heterocycles. The van der Waals surface area contributed by atoms with Gasteiger partial charge >= 0.3 is 29.6 Å². The van der Waals surface area contributed by atoms with E-state index in [2.05, 4.69) is 0 Å². The Labute approximate surface area is 64.8 Å². The van der Waals surface area contributed by atoms with Crippen LogP contribution in [0.25, 0.3) is 0 Å². The molecule has 0 aliphatic heterocycles. The standard InChI is InChI=1S/C3HN3.Na.H/c4-1-3(6)2-5;;/h6H;;/q;+1;-1. The number of nitrogens with zero attached hydrogens (tertiary/aromatic N) is 2. The Balaban J connectivity index is -0.000000125. The molecule has 0 aliphatic carbocycles. The van der Waals surface area contributed by atoms with E-state index >= 15 is 0 Å². The second kappa shape index (κ2) is 5.65. The third-order valence-corrected chi connectivity index (χ3v) is 0.224. The molecule has 0 fully saturated rings. The van der Waals surface area contributed by atoms with Gasteiger partial charge in [-0.1, -0.05) is 0 Å². The van der Waals surface area contributed by atoms with Crippen molar-refractivity contribution >= 4 is 5.71 Å². The predicted molar refractivity (Wildman–Crippen MR) is 20.1 cm³/mol. The first kappa shape index (κ1) is 9.82. The fraction of sp³-hybridized carbons (Fsp3) is 0. The summed E-state index contributed by atoms with van der Waals surface area (Å²) in [5.41, 5.74) is -0.546. The van der Waals surface area contributed by atoms with Gasteiger partial charge < -0.3 is 1.43 Å². The molecule has 30 valence electrons. The summed E-state index contributed by atoms with van der Waals surface area (Å²) in [6.07, 6.45) is 0. The first-order valence-corrected chi connectivity index (χ1v) is 1.20. The van der Waals surface area contributed by atoms with Crippen LogP contribution in [-0.4, -0.2) is 5.71 Å². The second-order valence-corrected chi connectivity index (χ2v) is 0.599. The monoisotopic (exact) mass is 103 g/mol. The van der Waals surface area contributed by atoms with Crippen LogP contribution < -0.4 is 29.6 Å². The molecular weight excluding hydrogens is 101 g/mol. The van der Waals surface area contributed by atoms with Gasteiger partial charge in [0.1, 0.15) is 12.1 Å². The summed E-state index contributed by atoms with van der Waals surface area (Å²) in [5.74, 6) is 0. The van der Waals surface area contributed by atoms with Crippen molar-refractivity contribution in [3.63, 3.8) is 0 Å². The Bertz CT molecular complexity index is 126. The van der Waals surface area contributed by atoms with Crippen molar-refractivity contribution in [1.82, 2.24) is 0 Å². The van der Waals surface area contributed by atoms with E-state index in [0.717, 1.165) is 0 Å². The third kappa shape index (κ3) is 5.65. The Morgan fingerprint density at radius 3 is 1.71 bits per heavy atom. The molecular formula is C3H2N3Na. The second-order valence-electron chi connectivity index (χ2n) is 0.599. The van der Waals surface area contributed by atoms with Crippen molar-refractivity contribution in [2.24, 2.45) is 0 Å². The smallest absolute Gasteiger partial charge is 1.00 e. The molecule has 7 heavy (non-hydrogen) atoms. The maximum atomic E-state index is 7.64. The van der Waals surface area contributed by atoms with Gasteiger partial charge in [0.15, 0.2) is 0 Å². The summed E-state index contributed by atoms with van der Waals surface area (Å²) in [7, 11) is 0. The van der Waals surface area contributed by atoms with Gasteiger partial charge in [-0.2, -0.15) is 10.5 Å². The van der Waals surface area contributed by atoms with E-state index < -0.39 is 5.71 Å². The van der Waals surface area contributed by atoms with E-state index in [1.807, 2.05) is 0 Å². The Morgan fingerprint density at radius 1 is 1.43 bits per heavy atom. The van der Waals surface area contributed by atoms with Crippen molar-refractivity contribution < 1.29 is 31.0 Å². The number of hydrogen-bond acceptors (Lipinski definition) is 3. The minimum Gasteiger partial charge on any atom is -1.00 e. The summed E-state index contributed by atoms with van der Waals surface area (Å²) < 4.78 is 0. The van der Waals surface area contributed by atoms with Crippen LogP contribution in [0.5, 0.6) is 0 Å². The zero-order chi connectivity index (χ0) is 4.99. The minimum atomic E-state index is -0.546. The van der Waals surface area contributed by atoms with E-state index in [4.69, 9.17) is 15.9 Å². The van der Waals surface area contributed by atoms with Crippen molar-refractivity contribution in [2.45, 2.75) is 0 Å². The SMILES string of the molecule is N#CC(=N)C#N.[H-].[Na+]. The van der Waals surface area contributed by atoms with E-state index in [0.29, 0.717) is 0 Å². The molecule has 0 atom stereocenters. The quantitative estimate of drug-likeness (QED) is 0.265. The van der Waals surface area contributed by atoms with Gasteiger partial charge in [-0.15, -0.1) is 0 Å². The molecule has 0 radical (unpaired) electrons. The summed E-state index contributed by atoms with van der Waals surface area (Å²) in [4.78, 5) is 0. The van der Waals surface area contributed by atoms with Crippen LogP contribution in [0.3, 0.4) is 0 Å². The van der Waals surface area contributed by atoms with Crippen LogP contribution in [0.4, 0.5) is 0 Å². The predicted octanol–water partition coefficient (Wildman–Crippen LogP) is -2.83. The molecule has 3 nitrogen and oxygen atoms in total. The topological polar surface area (TPSA) is 71.4 Å². The van der Waals surface area contributed by atoms with Crippen molar-refractivity contribution in [1.29, 1.82) is 15.9 Å². The van der Waals surface area contributed by atoms with Gasteiger partial charge in [-0.3, -0.25) is 5.41 Å². The molecule has 0 heterocycles. The maximum absolute atomic E-state index is 7.64. The van der Waals surface area contributed by atoms with Crippen molar-refractivity contribution in [2.75, 3.05) is 0 Å². The number of nitriles is 2. The van der Waals surface area contributed by atoms with Crippen LogP contribution >= 0.6 is 0 Å². The zero-order valence-electron chi connectivity index (χ0n) is 4.89.